The minimum Gasteiger partial charge on any atom is -0.326 e. The molecule has 0 unspecified atom stereocenters. The molecule has 0 saturated heterocycles. The minimum absolute atomic E-state index is 0. The molecule has 0 aromatic heterocycles. The standard InChI is InChI=1S/C16H19N.ClH/c1-12(2)15-8-3-4-9-16(15)14-7-5-6-13(10-14)11-17;/h3-10,12H,11,17H2,1-2H3;1H. The van der Waals surface area contributed by atoms with Gasteiger partial charge in [0.2, 0.25) is 0 Å². The summed E-state index contributed by atoms with van der Waals surface area (Å²) in [4.78, 5) is 0. The Kier molecular flexibility index (Phi) is 5.39. The van der Waals surface area contributed by atoms with E-state index in [9.17, 15) is 0 Å². The fourth-order valence-electron chi connectivity index (χ4n) is 2.13. The number of hydrogen-bond donors (Lipinski definition) is 1. The maximum atomic E-state index is 5.69. The minimum atomic E-state index is 0. The highest BCUT2D eigenvalue weighted by Gasteiger charge is 2.07. The van der Waals surface area contributed by atoms with Crippen molar-refractivity contribution in [3.05, 3.63) is 59.7 Å². The van der Waals surface area contributed by atoms with Gasteiger partial charge in [0, 0.05) is 6.54 Å². The Morgan fingerprint density at radius 2 is 1.72 bits per heavy atom. The van der Waals surface area contributed by atoms with Crippen LogP contribution in [0.3, 0.4) is 0 Å². The molecule has 96 valence electrons. The average Bonchev–Trinajstić information content (AvgIpc) is 2.39. The summed E-state index contributed by atoms with van der Waals surface area (Å²) in [7, 11) is 0. The van der Waals surface area contributed by atoms with Gasteiger partial charge in [0.25, 0.3) is 0 Å². The third kappa shape index (κ3) is 3.12. The molecule has 0 fully saturated rings. The Morgan fingerprint density at radius 1 is 1.00 bits per heavy atom. The molecule has 2 N–H and O–H groups in total. The van der Waals surface area contributed by atoms with E-state index in [2.05, 4.69) is 62.4 Å². The second kappa shape index (κ2) is 6.58. The first kappa shape index (κ1) is 14.7. The van der Waals surface area contributed by atoms with Crippen LogP contribution in [-0.2, 0) is 6.54 Å². The fourth-order valence-corrected chi connectivity index (χ4v) is 2.13. The maximum Gasteiger partial charge on any atom is 0.0178 e. The predicted octanol–water partition coefficient (Wildman–Crippen LogP) is 4.36. The van der Waals surface area contributed by atoms with Crippen molar-refractivity contribution in [3.63, 3.8) is 0 Å². The number of halogens is 1. The van der Waals surface area contributed by atoms with Crippen LogP contribution in [0.1, 0.15) is 30.9 Å². The maximum absolute atomic E-state index is 5.69. The van der Waals surface area contributed by atoms with Gasteiger partial charge in [-0.1, -0.05) is 56.3 Å². The van der Waals surface area contributed by atoms with E-state index in [1.165, 1.54) is 22.3 Å². The summed E-state index contributed by atoms with van der Waals surface area (Å²) < 4.78 is 0. The van der Waals surface area contributed by atoms with E-state index >= 15 is 0 Å². The van der Waals surface area contributed by atoms with E-state index < -0.39 is 0 Å². The smallest absolute Gasteiger partial charge is 0.0178 e. The lowest BCUT2D eigenvalue weighted by molar-refractivity contribution is 0.869. The van der Waals surface area contributed by atoms with Crippen molar-refractivity contribution >= 4 is 12.4 Å². The molecule has 2 heteroatoms. The zero-order valence-electron chi connectivity index (χ0n) is 10.9. The monoisotopic (exact) mass is 261 g/mol. The van der Waals surface area contributed by atoms with E-state index in [0.29, 0.717) is 12.5 Å². The van der Waals surface area contributed by atoms with Gasteiger partial charge in [-0.2, -0.15) is 0 Å². The SMILES string of the molecule is CC(C)c1ccccc1-c1cccc(CN)c1.Cl. The van der Waals surface area contributed by atoms with Crippen LogP contribution in [0.15, 0.2) is 48.5 Å². The predicted molar refractivity (Wildman–Crippen MR) is 81.1 cm³/mol. The Morgan fingerprint density at radius 3 is 2.39 bits per heavy atom. The molecule has 0 aliphatic carbocycles. The highest BCUT2D eigenvalue weighted by Crippen LogP contribution is 2.29. The Hall–Kier alpha value is -1.31. The van der Waals surface area contributed by atoms with Crippen molar-refractivity contribution in [1.29, 1.82) is 0 Å². The molecule has 0 aliphatic rings. The third-order valence-electron chi connectivity index (χ3n) is 3.06. The van der Waals surface area contributed by atoms with Crippen LogP contribution in [0.4, 0.5) is 0 Å². The molecule has 2 rings (SSSR count). The van der Waals surface area contributed by atoms with Crippen LogP contribution in [0.2, 0.25) is 0 Å². The lowest BCUT2D eigenvalue weighted by Gasteiger charge is -2.13. The molecule has 0 bridgehead atoms. The summed E-state index contributed by atoms with van der Waals surface area (Å²) in [5.41, 5.74) is 10.8. The van der Waals surface area contributed by atoms with Crippen LogP contribution >= 0.6 is 12.4 Å². The van der Waals surface area contributed by atoms with Gasteiger partial charge >= 0.3 is 0 Å². The first-order valence-electron chi connectivity index (χ1n) is 6.10. The molecular formula is C16H20ClN. The molecule has 0 saturated carbocycles. The quantitative estimate of drug-likeness (QED) is 0.873. The van der Waals surface area contributed by atoms with E-state index in [1.54, 1.807) is 0 Å². The molecule has 0 heterocycles. The second-order valence-electron chi connectivity index (χ2n) is 4.65. The largest absolute Gasteiger partial charge is 0.326 e. The summed E-state index contributed by atoms with van der Waals surface area (Å²) in [5.74, 6) is 0.535. The zero-order chi connectivity index (χ0) is 12.3. The molecule has 2 aromatic carbocycles. The van der Waals surface area contributed by atoms with E-state index in [-0.39, 0.29) is 12.4 Å². The molecule has 0 spiro atoms. The Bertz CT molecular complexity index is 506. The first-order chi connectivity index (χ1) is 8.22. The zero-order valence-corrected chi connectivity index (χ0v) is 11.7. The number of benzene rings is 2. The molecule has 2 aromatic rings. The van der Waals surface area contributed by atoms with Gasteiger partial charge in [-0.15, -0.1) is 12.4 Å². The summed E-state index contributed by atoms with van der Waals surface area (Å²) in [6, 6.07) is 17.1. The van der Waals surface area contributed by atoms with Gasteiger partial charge in [-0.25, -0.2) is 0 Å². The van der Waals surface area contributed by atoms with Crippen LogP contribution in [0.25, 0.3) is 11.1 Å². The Balaban J connectivity index is 0.00000162. The van der Waals surface area contributed by atoms with Gasteiger partial charge in [0.1, 0.15) is 0 Å². The second-order valence-corrected chi connectivity index (χ2v) is 4.65. The van der Waals surface area contributed by atoms with Crippen molar-refractivity contribution in [1.82, 2.24) is 0 Å². The molecule has 0 atom stereocenters. The summed E-state index contributed by atoms with van der Waals surface area (Å²) >= 11 is 0. The van der Waals surface area contributed by atoms with Gasteiger partial charge < -0.3 is 5.73 Å². The molecule has 0 amide bonds. The lowest BCUT2D eigenvalue weighted by atomic mass is 9.92. The van der Waals surface area contributed by atoms with E-state index in [0.717, 1.165) is 0 Å². The van der Waals surface area contributed by atoms with Gasteiger partial charge in [0.05, 0.1) is 0 Å². The normalized spacial score (nSPS) is 10.2. The number of nitrogens with two attached hydrogens (primary N) is 1. The van der Waals surface area contributed by atoms with Crippen LogP contribution in [0, 0.1) is 0 Å². The van der Waals surface area contributed by atoms with Crippen LogP contribution in [0.5, 0.6) is 0 Å². The topological polar surface area (TPSA) is 26.0 Å². The average molecular weight is 262 g/mol. The van der Waals surface area contributed by atoms with E-state index in [1.807, 2.05) is 0 Å². The van der Waals surface area contributed by atoms with Crippen molar-refractivity contribution < 1.29 is 0 Å². The molecule has 0 radical (unpaired) electrons. The van der Waals surface area contributed by atoms with Gasteiger partial charge in [-0.05, 0) is 34.2 Å². The highest BCUT2D eigenvalue weighted by atomic mass is 35.5. The lowest BCUT2D eigenvalue weighted by Crippen LogP contribution is -1.97. The van der Waals surface area contributed by atoms with Crippen LogP contribution in [-0.4, -0.2) is 0 Å². The van der Waals surface area contributed by atoms with E-state index in [4.69, 9.17) is 5.73 Å². The molecule has 1 nitrogen and oxygen atoms in total. The molecule has 0 aliphatic heterocycles. The van der Waals surface area contributed by atoms with Crippen molar-refractivity contribution in [2.24, 2.45) is 5.73 Å². The number of hydrogen-bond acceptors (Lipinski definition) is 1. The third-order valence-corrected chi connectivity index (χ3v) is 3.06. The van der Waals surface area contributed by atoms with Gasteiger partial charge in [-0.3, -0.25) is 0 Å². The van der Waals surface area contributed by atoms with Crippen molar-refractivity contribution in [2.75, 3.05) is 0 Å². The summed E-state index contributed by atoms with van der Waals surface area (Å²) in [6.07, 6.45) is 0. The van der Waals surface area contributed by atoms with Crippen molar-refractivity contribution in [3.8, 4) is 11.1 Å². The molecular weight excluding hydrogens is 242 g/mol. The highest BCUT2D eigenvalue weighted by molar-refractivity contribution is 5.85. The summed E-state index contributed by atoms with van der Waals surface area (Å²) in [5, 5.41) is 0. The van der Waals surface area contributed by atoms with Crippen molar-refractivity contribution in [2.45, 2.75) is 26.3 Å². The van der Waals surface area contributed by atoms with Crippen LogP contribution < -0.4 is 5.73 Å². The van der Waals surface area contributed by atoms with Gasteiger partial charge in [0.15, 0.2) is 0 Å². The Labute approximate surface area is 115 Å². The number of rotatable bonds is 3. The first-order valence-corrected chi connectivity index (χ1v) is 6.10. The summed E-state index contributed by atoms with van der Waals surface area (Å²) in [6.45, 7) is 5.05. The molecule has 18 heavy (non-hydrogen) atoms. The fraction of sp³-hybridized carbons (Fsp3) is 0.250.